The largest absolute Gasteiger partial charge is 0.497 e. The number of hydrogen-bond donors (Lipinski definition) is 1. The minimum Gasteiger partial charge on any atom is -0.497 e. The SMILES string of the molecule is CCCNC(CC)C(CC)c1ccc(OC)cc1. The molecule has 102 valence electrons. The summed E-state index contributed by atoms with van der Waals surface area (Å²) in [6, 6.07) is 9.09. The van der Waals surface area contributed by atoms with Crippen LogP contribution < -0.4 is 10.1 Å². The van der Waals surface area contributed by atoms with E-state index in [0.29, 0.717) is 12.0 Å². The van der Waals surface area contributed by atoms with Gasteiger partial charge in [-0.05, 0) is 49.4 Å². The predicted octanol–water partition coefficient (Wildman–Crippen LogP) is 3.97. The van der Waals surface area contributed by atoms with Crippen molar-refractivity contribution in [2.45, 2.75) is 52.0 Å². The highest BCUT2D eigenvalue weighted by Gasteiger charge is 2.19. The average molecular weight is 249 g/mol. The van der Waals surface area contributed by atoms with Crippen LogP contribution in [0, 0.1) is 0 Å². The molecular weight excluding hydrogens is 222 g/mol. The van der Waals surface area contributed by atoms with Crippen LogP contribution in [0.4, 0.5) is 0 Å². The molecule has 2 heteroatoms. The lowest BCUT2D eigenvalue weighted by molar-refractivity contribution is 0.406. The molecule has 0 aliphatic rings. The van der Waals surface area contributed by atoms with Crippen LogP contribution in [-0.2, 0) is 0 Å². The van der Waals surface area contributed by atoms with E-state index in [9.17, 15) is 0 Å². The van der Waals surface area contributed by atoms with Gasteiger partial charge in [0.25, 0.3) is 0 Å². The van der Waals surface area contributed by atoms with Gasteiger partial charge in [-0.2, -0.15) is 0 Å². The number of hydrogen-bond acceptors (Lipinski definition) is 2. The van der Waals surface area contributed by atoms with Crippen molar-refractivity contribution in [2.24, 2.45) is 0 Å². The Hall–Kier alpha value is -1.02. The average Bonchev–Trinajstić information content (AvgIpc) is 2.43. The zero-order chi connectivity index (χ0) is 13.4. The molecule has 1 rings (SSSR count). The lowest BCUT2D eigenvalue weighted by Crippen LogP contribution is -2.34. The summed E-state index contributed by atoms with van der Waals surface area (Å²) in [7, 11) is 1.71. The molecule has 0 radical (unpaired) electrons. The Morgan fingerprint density at radius 1 is 1.06 bits per heavy atom. The van der Waals surface area contributed by atoms with Crippen molar-refractivity contribution in [3.63, 3.8) is 0 Å². The van der Waals surface area contributed by atoms with Crippen molar-refractivity contribution in [1.82, 2.24) is 5.32 Å². The summed E-state index contributed by atoms with van der Waals surface area (Å²) in [5.41, 5.74) is 1.41. The Morgan fingerprint density at radius 3 is 2.17 bits per heavy atom. The first kappa shape index (κ1) is 15.0. The number of nitrogens with one attached hydrogen (secondary N) is 1. The van der Waals surface area contributed by atoms with E-state index in [4.69, 9.17) is 4.74 Å². The molecule has 1 N–H and O–H groups in total. The van der Waals surface area contributed by atoms with Crippen LogP contribution in [0.3, 0.4) is 0 Å². The topological polar surface area (TPSA) is 21.3 Å². The van der Waals surface area contributed by atoms with Gasteiger partial charge in [0, 0.05) is 6.04 Å². The van der Waals surface area contributed by atoms with Gasteiger partial charge >= 0.3 is 0 Å². The molecule has 0 aromatic heterocycles. The molecule has 2 atom stereocenters. The standard InChI is InChI=1S/C16H27NO/c1-5-12-17-16(7-3)15(6-2)13-8-10-14(18-4)11-9-13/h8-11,15-17H,5-7,12H2,1-4H3. The van der Waals surface area contributed by atoms with Crippen molar-refractivity contribution < 1.29 is 4.74 Å². The van der Waals surface area contributed by atoms with Crippen LogP contribution in [-0.4, -0.2) is 19.7 Å². The summed E-state index contributed by atoms with van der Waals surface area (Å²) >= 11 is 0. The lowest BCUT2D eigenvalue weighted by atomic mass is 9.87. The second kappa shape index (κ2) is 8.15. The fourth-order valence-corrected chi connectivity index (χ4v) is 2.50. The van der Waals surface area contributed by atoms with Crippen LogP contribution in [0.25, 0.3) is 0 Å². The normalized spacial score (nSPS) is 14.2. The van der Waals surface area contributed by atoms with Gasteiger partial charge in [-0.1, -0.05) is 32.9 Å². The maximum atomic E-state index is 5.22. The Morgan fingerprint density at radius 2 is 1.72 bits per heavy atom. The molecule has 18 heavy (non-hydrogen) atoms. The molecule has 0 aliphatic heterocycles. The summed E-state index contributed by atoms with van der Waals surface area (Å²) in [6.45, 7) is 7.85. The number of benzene rings is 1. The van der Waals surface area contributed by atoms with E-state index in [1.165, 1.54) is 24.8 Å². The maximum absolute atomic E-state index is 5.22. The monoisotopic (exact) mass is 249 g/mol. The zero-order valence-electron chi connectivity index (χ0n) is 12.2. The molecule has 0 fully saturated rings. The van der Waals surface area contributed by atoms with Crippen molar-refractivity contribution in [3.05, 3.63) is 29.8 Å². The first-order chi connectivity index (χ1) is 8.76. The molecule has 1 aromatic carbocycles. The summed E-state index contributed by atoms with van der Waals surface area (Å²) in [4.78, 5) is 0. The van der Waals surface area contributed by atoms with Crippen LogP contribution in [0.5, 0.6) is 5.75 Å². The molecule has 2 nitrogen and oxygen atoms in total. The van der Waals surface area contributed by atoms with E-state index in [2.05, 4.69) is 50.4 Å². The summed E-state index contributed by atoms with van der Waals surface area (Å²) < 4.78 is 5.22. The fraction of sp³-hybridized carbons (Fsp3) is 0.625. The summed E-state index contributed by atoms with van der Waals surface area (Å²) in [5.74, 6) is 1.52. The van der Waals surface area contributed by atoms with Crippen molar-refractivity contribution in [1.29, 1.82) is 0 Å². The van der Waals surface area contributed by atoms with E-state index in [-0.39, 0.29) is 0 Å². The van der Waals surface area contributed by atoms with Crippen molar-refractivity contribution in [3.8, 4) is 5.75 Å². The van der Waals surface area contributed by atoms with Gasteiger partial charge in [0.15, 0.2) is 0 Å². The molecule has 0 saturated carbocycles. The number of rotatable bonds is 8. The quantitative estimate of drug-likeness (QED) is 0.753. The van der Waals surface area contributed by atoms with E-state index in [0.717, 1.165) is 12.3 Å². The van der Waals surface area contributed by atoms with Gasteiger partial charge in [-0.3, -0.25) is 0 Å². The minimum atomic E-state index is 0.573. The van der Waals surface area contributed by atoms with Gasteiger partial charge in [0.2, 0.25) is 0 Å². The maximum Gasteiger partial charge on any atom is 0.118 e. The van der Waals surface area contributed by atoms with Crippen LogP contribution in [0.1, 0.15) is 51.5 Å². The fourth-order valence-electron chi connectivity index (χ4n) is 2.50. The molecule has 0 amide bonds. The van der Waals surface area contributed by atoms with Gasteiger partial charge in [0.1, 0.15) is 5.75 Å². The smallest absolute Gasteiger partial charge is 0.118 e. The Balaban J connectivity index is 2.78. The third kappa shape index (κ3) is 4.02. The third-order valence-corrected chi connectivity index (χ3v) is 3.57. The highest BCUT2D eigenvalue weighted by Crippen LogP contribution is 2.26. The summed E-state index contributed by atoms with van der Waals surface area (Å²) in [6.07, 6.45) is 3.53. The molecule has 0 aliphatic carbocycles. The van der Waals surface area contributed by atoms with E-state index in [1.54, 1.807) is 7.11 Å². The van der Waals surface area contributed by atoms with Crippen molar-refractivity contribution >= 4 is 0 Å². The van der Waals surface area contributed by atoms with Gasteiger partial charge in [-0.25, -0.2) is 0 Å². The Kier molecular flexibility index (Phi) is 6.81. The summed E-state index contributed by atoms with van der Waals surface area (Å²) in [5, 5.41) is 3.67. The Bertz CT molecular complexity index is 320. The molecule has 0 bridgehead atoms. The number of methoxy groups -OCH3 is 1. The minimum absolute atomic E-state index is 0.573. The number of ether oxygens (including phenoxy) is 1. The first-order valence-corrected chi connectivity index (χ1v) is 7.14. The first-order valence-electron chi connectivity index (χ1n) is 7.14. The zero-order valence-corrected chi connectivity index (χ0v) is 12.2. The third-order valence-electron chi connectivity index (χ3n) is 3.57. The molecule has 0 saturated heterocycles. The molecule has 2 unspecified atom stereocenters. The van der Waals surface area contributed by atoms with E-state index >= 15 is 0 Å². The van der Waals surface area contributed by atoms with Crippen LogP contribution in [0.15, 0.2) is 24.3 Å². The Labute approximate surface area is 112 Å². The second-order valence-corrected chi connectivity index (χ2v) is 4.76. The van der Waals surface area contributed by atoms with Gasteiger partial charge < -0.3 is 10.1 Å². The van der Waals surface area contributed by atoms with Crippen LogP contribution >= 0.6 is 0 Å². The lowest BCUT2D eigenvalue weighted by Gasteiger charge is -2.27. The van der Waals surface area contributed by atoms with Crippen LogP contribution in [0.2, 0.25) is 0 Å². The molecule has 1 aromatic rings. The van der Waals surface area contributed by atoms with Gasteiger partial charge in [0.05, 0.1) is 7.11 Å². The van der Waals surface area contributed by atoms with E-state index < -0.39 is 0 Å². The highest BCUT2D eigenvalue weighted by molar-refractivity contribution is 5.30. The van der Waals surface area contributed by atoms with Gasteiger partial charge in [-0.15, -0.1) is 0 Å². The second-order valence-electron chi connectivity index (χ2n) is 4.76. The molecular formula is C16H27NO. The molecule has 0 heterocycles. The predicted molar refractivity (Wildman–Crippen MR) is 78.4 cm³/mol. The highest BCUT2D eigenvalue weighted by atomic mass is 16.5. The van der Waals surface area contributed by atoms with E-state index in [1.807, 2.05) is 0 Å². The molecule has 0 spiro atoms. The van der Waals surface area contributed by atoms with Crippen molar-refractivity contribution in [2.75, 3.05) is 13.7 Å².